The smallest absolute Gasteiger partial charge is 0.193 e. The maximum atomic E-state index is 6.04. The van der Waals surface area contributed by atoms with Gasteiger partial charge in [-0.1, -0.05) is 11.6 Å². The van der Waals surface area contributed by atoms with Crippen LogP contribution in [0, 0.1) is 0 Å². The summed E-state index contributed by atoms with van der Waals surface area (Å²) in [6.07, 6.45) is 2.28. The first-order valence-corrected chi connectivity index (χ1v) is 6.71. The van der Waals surface area contributed by atoms with Gasteiger partial charge in [-0.2, -0.15) is 5.10 Å². The SMILES string of the molecule is COc1ccc(NC(N)=NCCc2ncn(C)n2)cc1Cl.I. The summed E-state index contributed by atoms with van der Waals surface area (Å²) in [6.45, 7) is 0.507. The molecule has 7 nitrogen and oxygen atoms in total. The van der Waals surface area contributed by atoms with Crippen molar-refractivity contribution in [2.24, 2.45) is 17.8 Å². The molecule has 120 valence electrons. The third-order valence-electron chi connectivity index (χ3n) is 2.69. The first kappa shape index (κ1) is 18.5. The van der Waals surface area contributed by atoms with Gasteiger partial charge < -0.3 is 15.8 Å². The highest BCUT2D eigenvalue weighted by atomic mass is 127. The summed E-state index contributed by atoms with van der Waals surface area (Å²) < 4.78 is 6.74. The fourth-order valence-corrected chi connectivity index (χ4v) is 1.96. The maximum absolute atomic E-state index is 6.04. The van der Waals surface area contributed by atoms with E-state index in [2.05, 4.69) is 20.4 Å². The maximum Gasteiger partial charge on any atom is 0.193 e. The Morgan fingerprint density at radius 3 is 2.86 bits per heavy atom. The second-order valence-electron chi connectivity index (χ2n) is 4.33. The van der Waals surface area contributed by atoms with E-state index in [0.29, 0.717) is 29.7 Å². The number of ether oxygens (including phenoxy) is 1. The number of hydrogen-bond donors (Lipinski definition) is 2. The molecule has 1 aromatic heterocycles. The minimum atomic E-state index is 0. The minimum absolute atomic E-state index is 0. The van der Waals surface area contributed by atoms with E-state index in [-0.39, 0.29) is 24.0 Å². The third-order valence-corrected chi connectivity index (χ3v) is 2.98. The van der Waals surface area contributed by atoms with Crippen LogP contribution in [-0.2, 0) is 13.5 Å². The predicted octanol–water partition coefficient (Wildman–Crippen LogP) is 2.06. The molecule has 0 aliphatic heterocycles. The van der Waals surface area contributed by atoms with Crippen molar-refractivity contribution >= 4 is 47.2 Å². The van der Waals surface area contributed by atoms with Crippen molar-refractivity contribution in [3.8, 4) is 5.75 Å². The largest absolute Gasteiger partial charge is 0.495 e. The normalized spacial score (nSPS) is 11.0. The molecular formula is C13H18ClIN6O. The van der Waals surface area contributed by atoms with Gasteiger partial charge >= 0.3 is 0 Å². The van der Waals surface area contributed by atoms with E-state index in [0.717, 1.165) is 11.5 Å². The van der Waals surface area contributed by atoms with Crippen LogP contribution in [0.1, 0.15) is 5.82 Å². The van der Waals surface area contributed by atoms with E-state index in [1.807, 2.05) is 13.1 Å². The molecule has 1 heterocycles. The lowest BCUT2D eigenvalue weighted by molar-refractivity contribution is 0.415. The van der Waals surface area contributed by atoms with E-state index >= 15 is 0 Å². The van der Waals surface area contributed by atoms with E-state index in [1.54, 1.807) is 30.3 Å². The van der Waals surface area contributed by atoms with Crippen molar-refractivity contribution in [3.05, 3.63) is 35.4 Å². The molecule has 0 spiro atoms. The van der Waals surface area contributed by atoms with Crippen LogP contribution < -0.4 is 15.8 Å². The van der Waals surface area contributed by atoms with Crippen molar-refractivity contribution in [3.63, 3.8) is 0 Å². The van der Waals surface area contributed by atoms with Crippen molar-refractivity contribution in [2.45, 2.75) is 6.42 Å². The van der Waals surface area contributed by atoms with Gasteiger partial charge in [0.1, 0.15) is 12.1 Å². The monoisotopic (exact) mass is 436 g/mol. The number of anilines is 1. The Morgan fingerprint density at radius 1 is 1.50 bits per heavy atom. The van der Waals surface area contributed by atoms with Gasteiger partial charge in [-0.3, -0.25) is 9.67 Å². The molecule has 1 aromatic carbocycles. The van der Waals surface area contributed by atoms with Crippen LogP contribution in [0.2, 0.25) is 5.02 Å². The Hall–Kier alpha value is -1.55. The fourth-order valence-electron chi connectivity index (χ4n) is 1.71. The van der Waals surface area contributed by atoms with Gasteiger partial charge in [-0.05, 0) is 18.2 Å². The van der Waals surface area contributed by atoms with Gasteiger partial charge in [0.2, 0.25) is 0 Å². The van der Waals surface area contributed by atoms with Crippen LogP contribution in [0.5, 0.6) is 5.75 Å². The van der Waals surface area contributed by atoms with Gasteiger partial charge in [0.15, 0.2) is 11.8 Å². The second-order valence-corrected chi connectivity index (χ2v) is 4.73. The van der Waals surface area contributed by atoms with Crippen LogP contribution in [0.15, 0.2) is 29.5 Å². The van der Waals surface area contributed by atoms with Crippen LogP contribution in [0.4, 0.5) is 5.69 Å². The fraction of sp³-hybridized carbons (Fsp3) is 0.308. The van der Waals surface area contributed by atoms with Gasteiger partial charge in [0.25, 0.3) is 0 Å². The Balaban J connectivity index is 0.00000242. The van der Waals surface area contributed by atoms with Crippen molar-refractivity contribution in [2.75, 3.05) is 19.0 Å². The number of aryl methyl sites for hydroxylation is 1. The number of nitrogens with one attached hydrogen (secondary N) is 1. The summed E-state index contributed by atoms with van der Waals surface area (Å²) in [5, 5.41) is 7.64. The number of hydrogen-bond acceptors (Lipinski definition) is 4. The molecule has 22 heavy (non-hydrogen) atoms. The van der Waals surface area contributed by atoms with Crippen LogP contribution in [0.25, 0.3) is 0 Å². The molecule has 0 saturated heterocycles. The number of rotatable bonds is 5. The molecule has 2 aromatic rings. The standard InChI is InChI=1S/C13H17ClN6O.HI/c1-20-8-17-12(19-20)5-6-16-13(15)18-9-3-4-11(21-2)10(14)7-9;/h3-4,7-8H,5-6H2,1-2H3,(H3,15,16,18);1H. The van der Waals surface area contributed by atoms with E-state index in [4.69, 9.17) is 22.1 Å². The summed E-state index contributed by atoms with van der Waals surface area (Å²) in [7, 11) is 3.39. The number of nitrogens with two attached hydrogens (primary N) is 1. The average molecular weight is 437 g/mol. The highest BCUT2D eigenvalue weighted by molar-refractivity contribution is 14.0. The summed E-state index contributed by atoms with van der Waals surface area (Å²) in [4.78, 5) is 8.33. The predicted molar refractivity (Wildman–Crippen MR) is 98.2 cm³/mol. The van der Waals surface area contributed by atoms with Crippen LogP contribution >= 0.6 is 35.6 Å². The van der Waals surface area contributed by atoms with Crippen molar-refractivity contribution in [1.29, 1.82) is 0 Å². The zero-order chi connectivity index (χ0) is 15.2. The molecule has 0 atom stereocenters. The van der Waals surface area contributed by atoms with Gasteiger partial charge in [0.05, 0.1) is 12.1 Å². The summed E-state index contributed by atoms with van der Waals surface area (Å²) in [5.41, 5.74) is 6.56. The average Bonchev–Trinajstić information content (AvgIpc) is 2.84. The number of aromatic nitrogens is 3. The zero-order valence-electron chi connectivity index (χ0n) is 12.3. The molecule has 0 aliphatic carbocycles. The molecule has 9 heteroatoms. The van der Waals surface area contributed by atoms with E-state index in [1.165, 1.54) is 0 Å². The molecule has 0 unspecified atom stereocenters. The molecule has 0 amide bonds. The quantitative estimate of drug-likeness (QED) is 0.425. The lowest BCUT2D eigenvalue weighted by Crippen LogP contribution is -2.23. The molecule has 0 radical (unpaired) electrons. The first-order valence-electron chi connectivity index (χ1n) is 6.33. The summed E-state index contributed by atoms with van der Waals surface area (Å²) in [5.74, 6) is 1.66. The second kappa shape index (κ2) is 8.79. The van der Waals surface area contributed by atoms with Gasteiger partial charge in [-0.15, -0.1) is 24.0 Å². The highest BCUT2D eigenvalue weighted by Gasteiger charge is 2.03. The Morgan fingerprint density at radius 2 is 2.27 bits per heavy atom. The molecule has 0 saturated carbocycles. The molecule has 0 fully saturated rings. The van der Waals surface area contributed by atoms with E-state index < -0.39 is 0 Å². The Labute approximate surface area is 150 Å². The molecule has 0 aliphatic rings. The number of aliphatic imine (C=N–C) groups is 1. The molecule has 2 rings (SSSR count). The number of guanidine groups is 1. The molecule has 0 bridgehead atoms. The molecular weight excluding hydrogens is 419 g/mol. The first-order chi connectivity index (χ1) is 10.1. The van der Waals surface area contributed by atoms with Crippen LogP contribution in [-0.4, -0.2) is 34.4 Å². The number of nitrogens with zero attached hydrogens (tertiary/aromatic N) is 4. The summed E-state index contributed by atoms with van der Waals surface area (Å²) >= 11 is 6.04. The Kier molecular flexibility index (Phi) is 7.39. The number of halogens is 2. The number of methoxy groups -OCH3 is 1. The highest BCUT2D eigenvalue weighted by Crippen LogP contribution is 2.26. The number of benzene rings is 1. The summed E-state index contributed by atoms with van der Waals surface area (Å²) in [6, 6.07) is 5.30. The van der Waals surface area contributed by atoms with Crippen molar-refractivity contribution in [1.82, 2.24) is 14.8 Å². The minimum Gasteiger partial charge on any atom is -0.495 e. The van der Waals surface area contributed by atoms with E-state index in [9.17, 15) is 0 Å². The van der Waals surface area contributed by atoms with Gasteiger partial charge in [-0.25, -0.2) is 4.98 Å². The lowest BCUT2D eigenvalue weighted by Gasteiger charge is -2.08. The van der Waals surface area contributed by atoms with Gasteiger partial charge in [0, 0.05) is 25.7 Å². The van der Waals surface area contributed by atoms with Crippen LogP contribution in [0.3, 0.4) is 0 Å². The topological polar surface area (TPSA) is 90.4 Å². The Bertz CT molecular complexity index is 645. The molecule has 3 N–H and O–H groups in total. The van der Waals surface area contributed by atoms with Crippen molar-refractivity contribution < 1.29 is 4.74 Å². The third kappa shape index (κ3) is 5.34. The lowest BCUT2D eigenvalue weighted by atomic mass is 10.3. The zero-order valence-corrected chi connectivity index (χ0v) is 15.4.